The van der Waals surface area contributed by atoms with Crippen LogP contribution in [0.3, 0.4) is 0 Å². The average molecular weight is 502 g/mol. The van der Waals surface area contributed by atoms with E-state index in [-0.39, 0.29) is 5.91 Å². The highest BCUT2D eigenvalue weighted by molar-refractivity contribution is 6.33. The third-order valence-corrected chi connectivity index (χ3v) is 7.54. The lowest BCUT2D eigenvalue weighted by atomic mass is 9.94. The fourth-order valence-corrected chi connectivity index (χ4v) is 5.42. The Bertz CT molecular complexity index is 976. The van der Waals surface area contributed by atoms with Crippen LogP contribution >= 0.6 is 11.6 Å². The summed E-state index contributed by atoms with van der Waals surface area (Å²) in [5.74, 6) is 0.867. The fourth-order valence-electron chi connectivity index (χ4n) is 5.13. The number of piperidine rings is 1. The van der Waals surface area contributed by atoms with E-state index in [1.54, 1.807) is 31.5 Å². The van der Waals surface area contributed by atoms with Gasteiger partial charge in [0.25, 0.3) is 5.91 Å². The van der Waals surface area contributed by atoms with Crippen molar-refractivity contribution in [1.82, 2.24) is 20.1 Å². The fraction of sp³-hybridized carbons (Fsp3) is 0.556. The molecule has 1 aromatic heterocycles. The third kappa shape index (κ3) is 6.87. The van der Waals surface area contributed by atoms with Gasteiger partial charge in [-0.1, -0.05) is 23.8 Å². The van der Waals surface area contributed by atoms with Crippen LogP contribution in [-0.2, 0) is 0 Å². The number of nitrogens with zero attached hydrogens (tertiary/aromatic N) is 4. The maximum Gasteiger partial charge on any atom is 0.252 e. The second-order valence-corrected chi connectivity index (χ2v) is 9.96. The molecule has 1 aromatic rings. The Labute approximate surface area is 215 Å². The van der Waals surface area contributed by atoms with E-state index in [1.807, 2.05) is 13.0 Å². The minimum Gasteiger partial charge on any atom is -0.508 e. The minimum absolute atomic E-state index is 0.182. The number of hydrogen-bond donors (Lipinski definition) is 2. The van der Waals surface area contributed by atoms with Gasteiger partial charge in [0, 0.05) is 64.1 Å². The van der Waals surface area contributed by atoms with Gasteiger partial charge >= 0.3 is 0 Å². The van der Waals surface area contributed by atoms with Crippen molar-refractivity contribution in [3.63, 3.8) is 0 Å². The number of anilines is 1. The SMILES string of the molecule is C\C=C(O)/C=C\C(=C/C)CN1CCC(N2CCN(c3ncc(C(=O)NC)cc3Cl)CC2C)CC1C. The van der Waals surface area contributed by atoms with Crippen LogP contribution in [0.15, 0.2) is 47.9 Å². The molecule has 2 aliphatic rings. The number of rotatable bonds is 7. The van der Waals surface area contributed by atoms with E-state index in [9.17, 15) is 9.90 Å². The first kappa shape index (κ1) is 27.2. The molecule has 0 aliphatic carbocycles. The number of carbonyl (C=O) groups is 1. The molecular formula is C27H40ClN5O2. The predicted octanol–water partition coefficient (Wildman–Crippen LogP) is 4.42. The molecule has 0 bridgehead atoms. The normalized spacial score (nSPS) is 25.3. The first-order valence-corrected chi connectivity index (χ1v) is 13.0. The Kier molecular flexibility index (Phi) is 9.78. The number of allylic oxidation sites excluding steroid dienone is 3. The average Bonchev–Trinajstić information content (AvgIpc) is 2.86. The van der Waals surface area contributed by atoms with Crippen molar-refractivity contribution in [2.24, 2.45) is 0 Å². The topological polar surface area (TPSA) is 71.9 Å². The van der Waals surface area contributed by atoms with E-state index < -0.39 is 0 Å². The first-order valence-electron chi connectivity index (χ1n) is 12.6. The van der Waals surface area contributed by atoms with Crippen molar-refractivity contribution in [2.45, 2.75) is 58.7 Å². The molecule has 0 spiro atoms. The molecule has 2 saturated heterocycles. The standard InChI is InChI=1S/C27H40ClN5O2/c1-6-21(8-9-24(34)7-2)18-31-11-10-23(14-19(31)3)33-13-12-32(17-20(33)4)26-25(28)15-22(16-30-26)27(35)29-5/h6-9,15-16,19-20,23,34H,10-14,17-18H2,1-5H3,(H,29,35)/b9-8-,21-6+,24-7+. The molecule has 2 aliphatic heterocycles. The summed E-state index contributed by atoms with van der Waals surface area (Å²) < 4.78 is 0. The van der Waals surface area contributed by atoms with Crippen molar-refractivity contribution in [2.75, 3.05) is 44.7 Å². The number of likely N-dealkylation sites (tertiary alicyclic amines) is 1. The van der Waals surface area contributed by atoms with Crippen LogP contribution in [0.4, 0.5) is 5.82 Å². The molecule has 8 heteroatoms. The predicted molar refractivity (Wildman–Crippen MR) is 144 cm³/mol. The van der Waals surface area contributed by atoms with Gasteiger partial charge in [-0.3, -0.25) is 14.6 Å². The maximum absolute atomic E-state index is 11.9. The van der Waals surface area contributed by atoms with Crippen LogP contribution in [0.5, 0.6) is 0 Å². The van der Waals surface area contributed by atoms with Crippen LogP contribution in [0.25, 0.3) is 0 Å². The van der Waals surface area contributed by atoms with Crippen LogP contribution in [-0.4, -0.2) is 83.7 Å². The van der Waals surface area contributed by atoms with Crippen molar-refractivity contribution in [3.8, 4) is 0 Å². The summed E-state index contributed by atoms with van der Waals surface area (Å²) in [4.78, 5) is 23.8. The van der Waals surface area contributed by atoms with Gasteiger partial charge in [-0.15, -0.1) is 0 Å². The summed E-state index contributed by atoms with van der Waals surface area (Å²) in [7, 11) is 1.60. The molecule has 192 valence electrons. The van der Waals surface area contributed by atoms with Gasteiger partial charge in [0.1, 0.15) is 11.6 Å². The number of halogens is 1. The highest BCUT2D eigenvalue weighted by Gasteiger charge is 2.35. The quantitative estimate of drug-likeness (QED) is 0.425. The van der Waals surface area contributed by atoms with Crippen molar-refractivity contribution < 1.29 is 9.90 Å². The van der Waals surface area contributed by atoms with Crippen LogP contribution in [0, 0.1) is 0 Å². The first-order chi connectivity index (χ1) is 16.8. The van der Waals surface area contributed by atoms with Gasteiger partial charge in [0.2, 0.25) is 0 Å². The van der Waals surface area contributed by atoms with E-state index in [0.29, 0.717) is 34.5 Å². The molecular weight excluding hydrogens is 462 g/mol. The lowest BCUT2D eigenvalue weighted by molar-refractivity contribution is 0.0496. The van der Waals surface area contributed by atoms with E-state index in [0.717, 1.165) is 51.4 Å². The molecule has 2 fully saturated rings. The van der Waals surface area contributed by atoms with Gasteiger partial charge in [-0.05, 0) is 64.3 Å². The van der Waals surface area contributed by atoms with Gasteiger partial charge in [-0.2, -0.15) is 0 Å². The van der Waals surface area contributed by atoms with Gasteiger partial charge in [0.15, 0.2) is 0 Å². The Morgan fingerprint density at radius 1 is 1.20 bits per heavy atom. The molecule has 0 aromatic carbocycles. The number of piperazine rings is 1. The number of aromatic nitrogens is 1. The molecule has 3 unspecified atom stereocenters. The molecule has 3 heterocycles. The molecule has 3 rings (SSSR count). The zero-order valence-corrected chi connectivity index (χ0v) is 22.4. The molecule has 3 atom stereocenters. The van der Waals surface area contributed by atoms with Crippen LogP contribution in [0.1, 0.15) is 50.9 Å². The number of pyridine rings is 1. The summed E-state index contributed by atoms with van der Waals surface area (Å²) in [6.45, 7) is 13.2. The third-order valence-electron chi connectivity index (χ3n) is 7.26. The van der Waals surface area contributed by atoms with Crippen LogP contribution < -0.4 is 10.2 Å². The van der Waals surface area contributed by atoms with Crippen molar-refractivity contribution >= 4 is 23.3 Å². The van der Waals surface area contributed by atoms with Crippen molar-refractivity contribution in [1.29, 1.82) is 0 Å². The number of carbonyl (C=O) groups excluding carboxylic acids is 1. The maximum atomic E-state index is 11.9. The zero-order chi connectivity index (χ0) is 25.5. The second kappa shape index (κ2) is 12.6. The molecule has 1 amide bonds. The molecule has 7 nitrogen and oxygen atoms in total. The van der Waals surface area contributed by atoms with Crippen molar-refractivity contribution in [3.05, 3.63) is 58.5 Å². The van der Waals surface area contributed by atoms with E-state index >= 15 is 0 Å². The smallest absolute Gasteiger partial charge is 0.252 e. The van der Waals surface area contributed by atoms with Gasteiger partial charge in [0.05, 0.1) is 10.6 Å². The number of amides is 1. The molecule has 0 saturated carbocycles. The van der Waals surface area contributed by atoms with Gasteiger partial charge < -0.3 is 15.3 Å². The minimum atomic E-state index is -0.182. The zero-order valence-electron chi connectivity index (χ0n) is 21.7. The lowest BCUT2D eigenvalue weighted by Crippen LogP contribution is -2.59. The Morgan fingerprint density at radius 2 is 1.97 bits per heavy atom. The summed E-state index contributed by atoms with van der Waals surface area (Å²) >= 11 is 6.50. The summed E-state index contributed by atoms with van der Waals surface area (Å²) in [6, 6.07) is 3.15. The Balaban J connectivity index is 1.57. The number of aliphatic hydroxyl groups is 1. The number of nitrogens with one attached hydrogen (secondary N) is 1. The number of aliphatic hydroxyl groups excluding tert-OH is 1. The highest BCUT2D eigenvalue weighted by Crippen LogP contribution is 2.30. The molecule has 35 heavy (non-hydrogen) atoms. The van der Waals surface area contributed by atoms with Crippen LogP contribution in [0.2, 0.25) is 5.02 Å². The van der Waals surface area contributed by atoms with Gasteiger partial charge in [-0.25, -0.2) is 4.98 Å². The Hall–Kier alpha value is -2.35. The van der Waals surface area contributed by atoms with E-state index in [2.05, 4.69) is 51.8 Å². The molecule has 2 N–H and O–H groups in total. The number of hydrogen-bond acceptors (Lipinski definition) is 6. The summed E-state index contributed by atoms with van der Waals surface area (Å²) in [6.07, 6.45) is 11.5. The lowest BCUT2D eigenvalue weighted by Gasteiger charge is -2.48. The largest absolute Gasteiger partial charge is 0.508 e. The molecule has 0 radical (unpaired) electrons. The van der Waals surface area contributed by atoms with E-state index in [1.165, 1.54) is 5.57 Å². The second-order valence-electron chi connectivity index (χ2n) is 9.55. The van der Waals surface area contributed by atoms with E-state index in [4.69, 9.17) is 11.6 Å². The Morgan fingerprint density at radius 3 is 2.57 bits per heavy atom. The monoisotopic (exact) mass is 501 g/mol. The summed E-state index contributed by atoms with van der Waals surface area (Å²) in [5.41, 5.74) is 1.70. The summed E-state index contributed by atoms with van der Waals surface area (Å²) in [5, 5.41) is 12.8. The highest BCUT2D eigenvalue weighted by atomic mass is 35.5.